The normalized spacial score (nSPS) is 29.7. The first-order chi connectivity index (χ1) is 8.98. The van der Waals surface area contributed by atoms with Crippen molar-refractivity contribution < 1.29 is 9.52 Å². The van der Waals surface area contributed by atoms with Crippen molar-refractivity contribution >= 4 is 15.9 Å². The Bertz CT molecular complexity index is 408. The molecule has 4 heteroatoms. The summed E-state index contributed by atoms with van der Waals surface area (Å²) in [5, 5.41) is 10.6. The highest BCUT2D eigenvalue weighted by Gasteiger charge is 2.42. The Kier molecular flexibility index (Phi) is 4.75. The fraction of sp³-hybridized carbons (Fsp3) is 0.733. The molecule has 0 bridgehead atoms. The molecular weight excluding hydrogens is 306 g/mol. The van der Waals surface area contributed by atoms with Gasteiger partial charge < -0.3 is 15.3 Å². The molecule has 1 aliphatic rings. The maximum atomic E-state index is 10.6. The topological polar surface area (TPSA) is 59.4 Å². The van der Waals surface area contributed by atoms with Crippen molar-refractivity contribution in [3.63, 3.8) is 0 Å². The van der Waals surface area contributed by atoms with Crippen molar-refractivity contribution in [2.75, 3.05) is 6.54 Å². The number of hydrogen-bond donors (Lipinski definition) is 2. The Morgan fingerprint density at radius 2 is 2.05 bits per heavy atom. The molecule has 0 aromatic carbocycles. The summed E-state index contributed by atoms with van der Waals surface area (Å²) in [7, 11) is 0. The Morgan fingerprint density at radius 1 is 1.42 bits per heavy atom. The summed E-state index contributed by atoms with van der Waals surface area (Å²) in [5.74, 6) is 2.10. The number of rotatable bonds is 4. The SMILES string of the molecule is CC(C)C1CCC(CN)(C(O)c2ccc(Br)o2)CC1. The molecule has 0 amide bonds. The molecule has 3 nitrogen and oxygen atoms in total. The van der Waals surface area contributed by atoms with E-state index in [2.05, 4.69) is 29.8 Å². The lowest BCUT2D eigenvalue weighted by Crippen LogP contribution is -2.40. The number of hydrogen-bond acceptors (Lipinski definition) is 3. The molecule has 1 atom stereocenters. The van der Waals surface area contributed by atoms with E-state index < -0.39 is 6.10 Å². The van der Waals surface area contributed by atoms with Crippen LogP contribution in [-0.2, 0) is 0 Å². The Labute approximate surface area is 123 Å². The summed E-state index contributed by atoms with van der Waals surface area (Å²) in [6.07, 6.45) is 3.65. The predicted octanol–water partition coefficient (Wildman–Crippen LogP) is 3.87. The van der Waals surface area contributed by atoms with Gasteiger partial charge in [0.15, 0.2) is 4.67 Å². The zero-order chi connectivity index (χ0) is 14.0. The maximum absolute atomic E-state index is 10.6. The van der Waals surface area contributed by atoms with Gasteiger partial charge in [-0.2, -0.15) is 0 Å². The summed E-state index contributed by atoms with van der Waals surface area (Å²) >= 11 is 3.28. The molecule has 19 heavy (non-hydrogen) atoms. The van der Waals surface area contributed by atoms with Gasteiger partial charge in [-0.05, 0) is 65.6 Å². The minimum atomic E-state index is -0.600. The number of nitrogens with two attached hydrogens (primary N) is 1. The van der Waals surface area contributed by atoms with Crippen molar-refractivity contribution in [3.05, 3.63) is 22.6 Å². The largest absolute Gasteiger partial charge is 0.452 e. The van der Waals surface area contributed by atoms with Gasteiger partial charge in [-0.15, -0.1) is 0 Å². The first-order valence-electron chi connectivity index (χ1n) is 7.12. The van der Waals surface area contributed by atoms with E-state index in [1.807, 2.05) is 12.1 Å². The van der Waals surface area contributed by atoms with Crippen molar-refractivity contribution in [3.8, 4) is 0 Å². The minimum Gasteiger partial charge on any atom is -0.452 e. The first-order valence-corrected chi connectivity index (χ1v) is 7.91. The van der Waals surface area contributed by atoms with Gasteiger partial charge in [0.05, 0.1) is 0 Å². The third-order valence-corrected chi connectivity index (χ3v) is 5.25. The Hall–Kier alpha value is -0.320. The van der Waals surface area contributed by atoms with Gasteiger partial charge in [-0.25, -0.2) is 0 Å². The van der Waals surface area contributed by atoms with E-state index in [-0.39, 0.29) is 5.41 Å². The summed E-state index contributed by atoms with van der Waals surface area (Å²) in [5.41, 5.74) is 5.77. The van der Waals surface area contributed by atoms with Gasteiger partial charge in [0.1, 0.15) is 11.9 Å². The number of aliphatic hydroxyl groups is 1. The molecule has 1 aromatic rings. The van der Waals surface area contributed by atoms with Crippen LogP contribution in [0.1, 0.15) is 51.4 Å². The highest BCUT2D eigenvalue weighted by Crippen LogP contribution is 2.48. The zero-order valence-electron chi connectivity index (χ0n) is 11.7. The van der Waals surface area contributed by atoms with E-state index in [0.29, 0.717) is 22.9 Å². The second-order valence-electron chi connectivity index (χ2n) is 6.19. The van der Waals surface area contributed by atoms with E-state index in [1.165, 1.54) is 0 Å². The van der Waals surface area contributed by atoms with Crippen LogP contribution in [0, 0.1) is 17.3 Å². The third-order valence-electron chi connectivity index (χ3n) is 4.82. The van der Waals surface area contributed by atoms with Gasteiger partial charge in [0.25, 0.3) is 0 Å². The first kappa shape index (κ1) is 15.1. The van der Waals surface area contributed by atoms with Crippen LogP contribution in [0.5, 0.6) is 0 Å². The second-order valence-corrected chi connectivity index (χ2v) is 6.97. The fourth-order valence-corrected chi connectivity index (χ4v) is 3.57. The molecular formula is C15H24BrNO2. The summed E-state index contributed by atoms with van der Waals surface area (Å²) in [4.78, 5) is 0. The highest BCUT2D eigenvalue weighted by atomic mass is 79.9. The fourth-order valence-electron chi connectivity index (χ4n) is 3.25. The summed E-state index contributed by atoms with van der Waals surface area (Å²) in [6, 6.07) is 3.66. The van der Waals surface area contributed by atoms with E-state index >= 15 is 0 Å². The van der Waals surface area contributed by atoms with Gasteiger partial charge >= 0.3 is 0 Å². The molecule has 1 fully saturated rings. The van der Waals surface area contributed by atoms with Gasteiger partial charge in [-0.3, -0.25) is 0 Å². The van der Waals surface area contributed by atoms with Crippen LogP contribution >= 0.6 is 15.9 Å². The van der Waals surface area contributed by atoms with Crippen molar-refractivity contribution in [1.29, 1.82) is 0 Å². The molecule has 0 spiro atoms. The van der Waals surface area contributed by atoms with Crippen LogP contribution in [-0.4, -0.2) is 11.7 Å². The maximum Gasteiger partial charge on any atom is 0.169 e. The van der Waals surface area contributed by atoms with Crippen molar-refractivity contribution in [2.24, 2.45) is 23.0 Å². The molecule has 0 radical (unpaired) electrons. The average Bonchev–Trinajstić information content (AvgIpc) is 2.84. The average molecular weight is 330 g/mol. The number of aliphatic hydroxyl groups excluding tert-OH is 1. The quantitative estimate of drug-likeness (QED) is 0.881. The molecule has 3 N–H and O–H groups in total. The molecule has 1 aromatic heterocycles. The van der Waals surface area contributed by atoms with E-state index in [1.54, 1.807) is 0 Å². The van der Waals surface area contributed by atoms with Gasteiger partial charge in [0, 0.05) is 12.0 Å². The lowest BCUT2D eigenvalue weighted by molar-refractivity contribution is -0.0273. The highest BCUT2D eigenvalue weighted by molar-refractivity contribution is 9.10. The van der Waals surface area contributed by atoms with Crippen LogP contribution in [0.4, 0.5) is 0 Å². The molecule has 1 aliphatic carbocycles. The predicted molar refractivity (Wildman–Crippen MR) is 79.7 cm³/mol. The third kappa shape index (κ3) is 3.06. The van der Waals surface area contributed by atoms with Crippen LogP contribution in [0.2, 0.25) is 0 Å². The lowest BCUT2D eigenvalue weighted by atomic mass is 9.65. The van der Waals surface area contributed by atoms with E-state index in [9.17, 15) is 5.11 Å². The van der Waals surface area contributed by atoms with E-state index in [4.69, 9.17) is 10.2 Å². The van der Waals surface area contributed by atoms with Crippen molar-refractivity contribution in [2.45, 2.75) is 45.6 Å². The monoisotopic (exact) mass is 329 g/mol. The standard InChI is InChI=1S/C15H24BrNO2/c1-10(2)11-5-7-15(9-17,8-6-11)14(18)12-3-4-13(16)19-12/h3-4,10-11,14,18H,5-9,17H2,1-2H3. The smallest absolute Gasteiger partial charge is 0.169 e. The molecule has 1 unspecified atom stereocenters. The Morgan fingerprint density at radius 3 is 2.47 bits per heavy atom. The molecule has 1 saturated carbocycles. The van der Waals surface area contributed by atoms with E-state index in [0.717, 1.165) is 31.6 Å². The van der Waals surface area contributed by atoms with Crippen molar-refractivity contribution in [1.82, 2.24) is 0 Å². The molecule has 0 saturated heterocycles. The van der Waals surface area contributed by atoms with Crippen LogP contribution in [0.15, 0.2) is 21.2 Å². The van der Waals surface area contributed by atoms with Crippen LogP contribution in [0.3, 0.4) is 0 Å². The number of furan rings is 1. The zero-order valence-corrected chi connectivity index (χ0v) is 13.3. The summed E-state index contributed by atoms with van der Waals surface area (Å²) < 4.78 is 6.17. The van der Waals surface area contributed by atoms with Gasteiger partial charge in [-0.1, -0.05) is 13.8 Å². The molecule has 2 rings (SSSR count). The van der Waals surface area contributed by atoms with Gasteiger partial charge in [0.2, 0.25) is 0 Å². The molecule has 0 aliphatic heterocycles. The van der Waals surface area contributed by atoms with Crippen LogP contribution < -0.4 is 5.73 Å². The minimum absolute atomic E-state index is 0.220. The van der Waals surface area contributed by atoms with Crippen LogP contribution in [0.25, 0.3) is 0 Å². The molecule has 108 valence electrons. The molecule has 1 heterocycles. The Balaban J connectivity index is 2.11. The summed E-state index contributed by atoms with van der Waals surface area (Å²) in [6.45, 7) is 5.07. The second kappa shape index (κ2) is 5.98. The lowest BCUT2D eigenvalue weighted by Gasteiger charge is -2.43. The number of halogens is 1.